The number of likely N-dealkylation sites (tertiary alicyclic amines) is 1. The molecule has 0 saturated carbocycles. The van der Waals surface area contributed by atoms with Gasteiger partial charge in [0.2, 0.25) is 0 Å². The molecule has 1 fully saturated rings. The molecule has 10 heteroatoms. The molecular formula is C25H25F3N6O. The van der Waals surface area contributed by atoms with E-state index in [0.717, 1.165) is 37.4 Å². The summed E-state index contributed by atoms with van der Waals surface area (Å²) in [6, 6.07) is 11.0. The van der Waals surface area contributed by atoms with Gasteiger partial charge in [0.15, 0.2) is 0 Å². The largest absolute Gasteiger partial charge is 0.419 e. The van der Waals surface area contributed by atoms with Gasteiger partial charge < -0.3 is 16.0 Å². The van der Waals surface area contributed by atoms with Crippen molar-refractivity contribution >= 4 is 11.8 Å². The number of urea groups is 1. The van der Waals surface area contributed by atoms with Gasteiger partial charge in [-0.3, -0.25) is 4.68 Å². The smallest absolute Gasteiger partial charge is 0.383 e. The number of pyridine rings is 1. The van der Waals surface area contributed by atoms with Gasteiger partial charge >= 0.3 is 12.2 Å². The van der Waals surface area contributed by atoms with E-state index in [-0.39, 0.29) is 23.1 Å². The number of aryl methyl sites for hydroxylation is 2. The number of alkyl halides is 3. The summed E-state index contributed by atoms with van der Waals surface area (Å²) in [5.74, 6) is -0.549. The van der Waals surface area contributed by atoms with E-state index in [0.29, 0.717) is 25.3 Å². The third kappa shape index (κ3) is 3.62. The number of nitrogens with zero attached hydrogens (tertiary/aromatic N) is 4. The Labute approximate surface area is 200 Å². The van der Waals surface area contributed by atoms with Gasteiger partial charge in [-0.25, -0.2) is 9.78 Å². The fraction of sp³-hybridized carbons (Fsp3) is 0.400. The van der Waals surface area contributed by atoms with E-state index < -0.39 is 17.6 Å². The quantitative estimate of drug-likeness (QED) is 0.570. The molecule has 3 N–H and O–H groups in total. The highest BCUT2D eigenvalue weighted by Crippen LogP contribution is 2.44. The fourth-order valence-electron chi connectivity index (χ4n) is 5.85. The maximum atomic E-state index is 13.3. The molecule has 0 bridgehead atoms. The van der Waals surface area contributed by atoms with E-state index in [1.54, 1.807) is 0 Å². The lowest BCUT2D eigenvalue weighted by Gasteiger charge is -2.25. The molecule has 3 aromatic rings. The van der Waals surface area contributed by atoms with Crippen LogP contribution in [0.5, 0.6) is 0 Å². The number of fused-ring (bicyclic) bond motifs is 3. The zero-order valence-electron chi connectivity index (χ0n) is 19.0. The maximum Gasteiger partial charge on any atom is 0.419 e. The summed E-state index contributed by atoms with van der Waals surface area (Å²) >= 11 is 0. The Hall–Kier alpha value is -3.56. The summed E-state index contributed by atoms with van der Waals surface area (Å²) in [6.45, 7) is 1.85. The second-order valence-corrected chi connectivity index (χ2v) is 9.73. The molecule has 0 radical (unpaired) electrons. The summed E-state index contributed by atoms with van der Waals surface area (Å²) in [7, 11) is 0. The number of anilines is 1. The van der Waals surface area contributed by atoms with Crippen LogP contribution < -0.4 is 11.1 Å². The average Bonchev–Trinajstić information content (AvgIpc) is 3.59. The minimum atomic E-state index is -4.59. The molecule has 35 heavy (non-hydrogen) atoms. The van der Waals surface area contributed by atoms with Crippen LogP contribution in [0.1, 0.15) is 47.7 Å². The molecule has 1 unspecified atom stereocenters. The number of nitrogen functional groups attached to an aromatic ring is 1. The predicted molar refractivity (Wildman–Crippen MR) is 123 cm³/mol. The number of nitrogens with one attached hydrogen (secondary N) is 1. The SMILES string of the molecule is Nc1ncc(-c2cc3n(n2)CCC32CCN(C(=O)N[C@H]3CCc4ccccc43)C2)cc1C(F)(F)F. The van der Waals surface area contributed by atoms with Crippen LogP contribution in [0.2, 0.25) is 0 Å². The summed E-state index contributed by atoms with van der Waals surface area (Å²) < 4.78 is 41.8. The molecule has 3 aliphatic rings. The summed E-state index contributed by atoms with van der Waals surface area (Å²) in [5.41, 5.74) is 8.38. The number of hydrogen-bond acceptors (Lipinski definition) is 4. The number of aromatic nitrogens is 3. The van der Waals surface area contributed by atoms with Crippen LogP contribution >= 0.6 is 0 Å². The molecule has 6 rings (SSSR count). The van der Waals surface area contributed by atoms with Gasteiger partial charge in [0.25, 0.3) is 0 Å². The first kappa shape index (κ1) is 21.9. The second kappa shape index (κ2) is 7.73. The lowest BCUT2D eigenvalue weighted by Crippen LogP contribution is -2.41. The van der Waals surface area contributed by atoms with E-state index in [2.05, 4.69) is 27.5 Å². The van der Waals surface area contributed by atoms with Crippen LogP contribution in [-0.2, 0) is 24.6 Å². The minimum absolute atomic E-state index is 0.0248. The van der Waals surface area contributed by atoms with Crippen molar-refractivity contribution in [1.82, 2.24) is 25.0 Å². The third-order valence-electron chi connectivity index (χ3n) is 7.72. The molecule has 7 nitrogen and oxygen atoms in total. The number of benzene rings is 1. The highest BCUT2D eigenvalue weighted by molar-refractivity contribution is 5.76. The van der Waals surface area contributed by atoms with Crippen LogP contribution in [0.15, 0.2) is 42.6 Å². The van der Waals surface area contributed by atoms with Crippen LogP contribution in [-0.4, -0.2) is 38.8 Å². The summed E-state index contributed by atoms with van der Waals surface area (Å²) in [6.07, 6.45) is 0.234. The molecule has 1 aromatic carbocycles. The van der Waals surface area contributed by atoms with Crippen molar-refractivity contribution in [2.75, 3.05) is 18.8 Å². The Balaban J connectivity index is 1.21. The molecular weight excluding hydrogens is 457 g/mol. The topological polar surface area (TPSA) is 89.1 Å². The van der Waals surface area contributed by atoms with E-state index >= 15 is 0 Å². The zero-order valence-corrected chi connectivity index (χ0v) is 19.0. The van der Waals surface area contributed by atoms with Gasteiger partial charge in [-0.15, -0.1) is 0 Å². The Morgan fingerprint density at radius 3 is 2.80 bits per heavy atom. The number of carbonyl (C=O) groups is 1. The number of carbonyl (C=O) groups excluding carboxylic acids is 1. The molecule has 2 aromatic heterocycles. The lowest BCUT2D eigenvalue weighted by atomic mass is 9.82. The first-order valence-electron chi connectivity index (χ1n) is 11.8. The molecule has 2 atom stereocenters. The van der Waals surface area contributed by atoms with Crippen molar-refractivity contribution in [2.24, 2.45) is 0 Å². The Morgan fingerprint density at radius 2 is 1.97 bits per heavy atom. The Bertz CT molecular complexity index is 1320. The number of rotatable bonds is 2. The van der Waals surface area contributed by atoms with Gasteiger partial charge in [0.05, 0.1) is 17.3 Å². The third-order valence-corrected chi connectivity index (χ3v) is 7.72. The van der Waals surface area contributed by atoms with Crippen molar-refractivity contribution in [1.29, 1.82) is 0 Å². The molecule has 182 valence electrons. The Kier molecular flexibility index (Phi) is 4.84. The molecule has 4 heterocycles. The predicted octanol–water partition coefficient (Wildman–Crippen LogP) is 4.29. The van der Waals surface area contributed by atoms with E-state index in [1.807, 2.05) is 27.8 Å². The Morgan fingerprint density at radius 1 is 1.17 bits per heavy atom. The highest BCUT2D eigenvalue weighted by Gasteiger charge is 2.47. The van der Waals surface area contributed by atoms with Crippen LogP contribution in [0.3, 0.4) is 0 Å². The molecule has 1 spiro atoms. The van der Waals surface area contributed by atoms with Gasteiger partial charge in [0.1, 0.15) is 5.82 Å². The number of nitrogens with two attached hydrogens (primary N) is 1. The molecule has 1 saturated heterocycles. The number of hydrogen-bond donors (Lipinski definition) is 2. The standard InChI is InChI=1S/C25H25F3N6O/c26-25(27,28)18-11-16(13-30-22(18)29)20-12-21-24(8-10-34(21)32-20)7-9-33(14-24)23(35)31-19-6-5-15-3-1-2-4-17(15)19/h1-4,11-13,19H,5-10,14H2,(H2,29,30)(H,31,35)/t19-,24?/m0/s1. The fourth-order valence-corrected chi connectivity index (χ4v) is 5.85. The van der Waals surface area contributed by atoms with Gasteiger partial charge in [-0.05, 0) is 48.9 Å². The summed E-state index contributed by atoms with van der Waals surface area (Å²) in [5, 5.41) is 7.76. The summed E-state index contributed by atoms with van der Waals surface area (Å²) in [4.78, 5) is 18.7. The monoisotopic (exact) mass is 482 g/mol. The van der Waals surface area contributed by atoms with Crippen molar-refractivity contribution in [3.8, 4) is 11.3 Å². The first-order valence-corrected chi connectivity index (χ1v) is 11.8. The molecule has 2 amide bonds. The van der Waals surface area contributed by atoms with Crippen molar-refractivity contribution in [2.45, 2.75) is 49.9 Å². The van der Waals surface area contributed by atoms with E-state index in [4.69, 9.17) is 5.73 Å². The van der Waals surface area contributed by atoms with Gasteiger partial charge in [-0.1, -0.05) is 24.3 Å². The molecule has 2 aliphatic heterocycles. The van der Waals surface area contributed by atoms with E-state index in [1.165, 1.54) is 17.3 Å². The maximum absolute atomic E-state index is 13.3. The highest BCUT2D eigenvalue weighted by atomic mass is 19.4. The van der Waals surface area contributed by atoms with Crippen molar-refractivity contribution in [3.63, 3.8) is 0 Å². The van der Waals surface area contributed by atoms with Crippen LogP contribution in [0.4, 0.5) is 23.8 Å². The normalized spacial score (nSPS) is 23.1. The first-order chi connectivity index (χ1) is 16.7. The van der Waals surface area contributed by atoms with Gasteiger partial charge in [0, 0.05) is 42.5 Å². The van der Waals surface area contributed by atoms with Gasteiger partial charge in [-0.2, -0.15) is 18.3 Å². The second-order valence-electron chi connectivity index (χ2n) is 9.73. The zero-order chi connectivity index (χ0) is 24.4. The van der Waals surface area contributed by atoms with Crippen LogP contribution in [0.25, 0.3) is 11.3 Å². The van der Waals surface area contributed by atoms with E-state index in [9.17, 15) is 18.0 Å². The molecule has 1 aliphatic carbocycles. The van der Waals surface area contributed by atoms with Crippen molar-refractivity contribution < 1.29 is 18.0 Å². The average molecular weight is 483 g/mol. The van der Waals surface area contributed by atoms with Crippen molar-refractivity contribution in [3.05, 3.63) is 65.0 Å². The lowest BCUT2D eigenvalue weighted by molar-refractivity contribution is -0.137. The van der Waals surface area contributed by atoms with Crippen LogP contribution in [0, 0.1) is 0 Å². The number of halogens is 3. The minimum Gasteiger partial charge on any atom is -0.383 e. The number of amides is 2.